The number of nitrogens with zero attached hydrogens (tertiary/aromatic N) is 1. The molecule has 1 heterocycles. The van der Waals surface area contributed by atoms with Crippen LogP contribution in [-0.4, -0.2) is 4.98 Å². The third-order valence-electron chi connectivity index (χ3n) is 2.89. The van der Waals surface area contributed by atoms with Crippen molar-refractivity contribution >= 4 is 28.9 Å². The Balaban J connectivity index is 2.28. The third kappa shape index (κ3) is 3.17. The van der Waals surface area contributed by atoms with Crippen molar-refractivity contribution in [2.45, 2.75) is 19.9 Å². The predicted octanol–water partition coefficient (Wildman–Crippen LogP) is 5.01. The maximum Gasteiger partial charge on any atom is 0.142 e. The van der Waals surface area contributed by atoms with Crippen molar-refractivity contribution in [3.63, 3.8) is 0 Å². The van der Waals surface area contributed by atoms with Gasteiger partial charge in [0.15, 0.2) is 0 Å². The number of aryl methyl sites for hydroxylation is 1. The van der Waals surface area contributed by atoms with Gasteiger partial charge in [0.25, 0.3) is 0 Å². The normalized spacial score (nSPS) is 12.3. The number of rotatable bonds is 3. The zero-order valence-corrected chi connectivity index (χ0v) is 12.1. The van der Waals surface area contributed by atoms with Crippen LogP contribution in [0.4, 0.5) is 10.1 Å². The van der Waals surface area contributed by atoms with Gasteiger partial charge in [0.2, 0.25) is 0 Å². The number of aromatic nitrogens is 1. The molecule has 0 amide bonds. The molecule has 1 N–H and O–H groups in total. The average Bonchev–Trinajstić information content (AvgIpc) is 2.36. The summed E-state index contributed by atoms with van der Waals surface area (Å²) in [6.07, 6.45) is 1.72. The van der Waals surface area contributed by atoms with Crippen LogP contribution in [0.2, 0.25) is 10.0 Å². The van der Waals surface area contributed by atoms with Gasteiger partial charge in [-0.1, -0.05) is 23.2 Å². The number of nitrogens with one attached hydrogen (secondary N) is 1. The van der Waals surface area contributed by atoms with E-state index in [0.29, 0.717) is 10.6 Å². The van der Waals surface area contributed by atoms with Crippen LogP contribution >= 0.6 is 23.2 Å². The molecule has 5 heteroatoms. The smallest absolute Gasteiger partial charge is 0.142 e. The molecule has 0 aliphatic carbocycles. The molecule has 1 unspecified atom stereocenters. The highest BCUT2D eigenvalue weighted by Gasteiger charge is 2.14. The van der Waals surface area contributed by atoms with Crippen LogP contribution in [-0.2, 0) is 0 Å². The number of hydrogen-bond donors (Lipinski definition) is 1. The van der Waals surface area contributed by atoms with Crippen molar-refractivity contribution in [2.24, 2.45) is 0 Å². The molecule has 19 heavy (non-hydrogen) atoms. The minimum absolute atomic E-state index is 0.0264. The topological polar surface area (TPSA) is 24.9 Å². The Bertz CT molecular complexity index is 602. The van der Waals surface area contributed by atoms with Gasteiger partial charge in [-0.05, 0) is 43.7 Å². The Hall–Kier alpha value is -1.32. The van der Waals surface area contributed by atoms with E-state index in [1.807, 2.05) is 26.0 Å². The molecule has 1 aromatic carbocycles. The minimum Gasteiger partial charge on any atom is -0.377 e. The Morgan fingerprint density at radius 3 is 2.68 bits per heavy atom. The first kappa shape index (κ1) is 14.1. The second kappa shape index (κ2) is 5.76. The van der Waals surface area contributed by atoms with Gasteiger partial charge >= 0.3 is 0 Å². The maximum absolute atomic E-state index is 13.5. The lowest BCUT2D eigenvalue weighted by molar-refractivity contribution is 0.624. The fraction of sp³-hybridized carbons (Fsp3) is 0.214. The number of pyridine rings is 1. The predicted molar refractivity (Wildman–Crippen MR) is 77.4 cm³/mol. The van der Waals surface area contributed by atoms with Gasteiger partial charge < -0.3 is 5.32 Å². The average molecular weight is 299 g/mol. The fourth-order valence-corrected chi connectivity index (χ4v) is 2.36. The van der Waals surface area contributed by atoms with Crippen LogP contribution in [0.1, 0.15) is 24.2 Å². The number of anilines is 1. The molecule has 0 aliphatic rings. The van der Waals surface area contributed by atoms with E-state index in [2.05, 4.69) is 10.3 Å². The van der Waals surface area contributed by atoms with Crippen molar-refractivity contribution in [3.05, 3.63) is 57.6 Å². The molecule has 0 spiro atoms. The molecule has 0 radical (unpaired) electrons. The highest BCUT2D eigenvalue weighted by molar-refractivity contribution is 6.35. The molecule has 1 atom stereocenters. The van der Waals surface area contributed by atoms with Crippen molar-refractivity contribution in [1.82, 2.24) is 4.98 Å². The van der Waals surface area contributed by atoms with Crippen molar-refractivity contribution in [3.8, 4) is 0 Å². The lowest BCUT2D eigenvalue weighted by Gasteiger charge is -2.18. The summed E-state index contributed by atoms with van der Waals surface area (Å²) in [4.78, 5) is 4.19. The van der Waals surface area contributed by atoms with Gasteiger partial charge in [0.1, 0.15) is 5.82 Å². The third-order valence-corrected chi connectivity index (χ3v) is 3.50. The summed E-state index contributed by atoms with van der Waals surface area (Å²) in [6, 6.07) is 6.38. The molecule has 2 rings (SSSR count). The number of benzene rings is 1. The largest absolute Gasteiger partial charge is 0.377 e. The molecular formula is C14H13Cl2FN2. The van der Waals surface area contributed by atoms with E-state index in [0.717, 1.165) is 11.4 Å². The highest BCUT2D eigenvalue weighted by Crippen LogP contribution is 2.30. The van der Waals surface area contributed by atoms with E-state index < -0.39 is 5.82 Å². The standard InChI is InChI=1S/C14H13Cl2FN2/c1-8(19-14-4-3-5-18-9(14)2)10-6-13(17)12(16)7-11(10)15/h3-8,19H,1-2H3. The van der Waals surface area contributed by atoms with Gasteiger partial charge in [-0.3, -0.25) is 4.98 Å². The Morgan fingerprint density at radius 2 is 2.00 bits per heavy atom. The lowest BCUT2D eigenvalue weighted by atomic mass is 10.1. The summed E-state index contributed by atoms with van der Waals surface area (Å²) in [5.41, 5.74) is 2.42. The first-order valence-corrected chi connectivity index (χ1v) is 6.57. The van der Waals surface area contributed by atoms with Crippen LogP contribution in [0.15, 0.2) is 30.5 Å². The van der Waals surface area contributed by atoms with E-state index in [1.165, 1.54) is 12.1 Å². The second-order valence-corrected chi connectivity index (χ2v) is 5.10. The molecule has 0 bridgehead atoms. The summed E-state index contributed by atoms with van der Waals surface area (Å²) in [7, 11) is 0. The van der Waals surface area contributed by atoms with E-state index in [1.54, 1.807) is 6.20 Å². The van der Waals surface area contributed by atoms with Gasteiger partial charge in [-0.2, -0.15) is 0 Å². The number of hydrogen-bond acceptors (Lipinski definition) is 2. The van der Waals surface area contributed by atoms with Gasteiger partial charge in [-0.25, -0.2) is 4.39 Å². The fourth-order valence-electron chi connectivity index (χ4n) is 1.82. The van der Waals surface area contributed by atoms with Crippen LogP contribution in [0.25, 0.3) is 0 Å². The van der Waals surface area contributed by atoms with E-state index >= 15 is 0 Å². The van der Waals surface area contributed by atoms with E-state index in [9.17, 15) is 4.39 Å². The summed E-state index contributed by atoms with van der Waals surface area (Å²) in [5, 5.41) is 3.72. The Labute approximate surface area is 121 Å². The molecule has 2 aromatic rings. The Kier molecular flexibility index (Phi) is 4.27. The van der Waals surface area contributed by atoms with Crippen LogP contribution in [0.5, 0.6) is 0 Å². The van der Waals surface area contributed by atoms with Crippen LogP contribution < -0.4 is 5.32 Å². The summed E-state index contributed by atoms with van der Waals surface area (Å²) in [5.74, 6) is -0.474. The zero-order valence-electron chi connectivity index (χ0n) is 10.5. The first-order valence-electron chi connectivity index (χ1n) is 5.81. The lowest BCUT2D eigenvalue weighted by Crippen LogP contribution is -2.09. The van der Waals surface area contributed by atoms with Gasteiger partial charge in [0, 0.05) is 11.2 Å². The van der Waals surface area contributed by atoms with E-state index in [-0.39, 0.29) is 11.1 Å². The Morgan fingerprint density at radius 1 is 1.26 bits per heavy atom. The van der Waals surface area contributed by atoms with E-state index in [4.69, 9.17) is 23.2 Å². The molecular weight excluding hydrogens is 286 g/mol. The minimum atomic E-state index is -0.474. The quantitative estimate of drug-likeness (QED) is 0.806. The molecule has 0 saturated heterocycles. The van der Waals surface area contributed by atoms with Crippen LogP contribution in [0.3, 0.4) is 0 Å². The van der Waals surface area contributed by atoms with Crippen LogP contribution in [0, 0.1) is 12.7 Å². The molecule has 1 aromatic heterocycles. The SMILES string of the molecule is Cc1ncccc1NC(C)c1cc(F)c(Cl)cc1Cl. The zero-order chi connectivity index (χ0) is 14.0. The molecule has 2 nitrogen and oxygen atoms in total. The maximum atomic E-state index is 13.5. The monoisotopic (exact) mass is 298 g/mol. The summed E-state index contributed by atoms with van der Waals surface area (Å²) in [6.45, 7) is 3.81. The van der Waals surface area contributed by atoms with Crippen molar-refractivity contribution in [2.75, 3.05) is 5.32 Å². The van der Waals surface area contributed by atoms with Gasteiger partial charge in [0.05, 0.1) is 22.4 Å². The van der Waals surface area contributed by atoms with Crippen molar-refractivity contribution < 1.29 is 4.39 Å². The number of halogens is 3. The summed E-state index contributed by atoms with van der Waals surface area (Å²) < 4.78 is 13.5. The van der Waals surface area contributed by atoms with Gasteiger partial charge in [-0.15, -0.1) is 0 Å². The molecule has 0 saturated carbocycles. The second-order valence-electron chi connectivity index (χ2n) is 4.29. The molecule has 0 fully saturated rings. The molecule has 0 aliphatic heterocycles. The first-order chi connectivity index (χ1) is 8.99. The van der Waals surface area contributed by atoms with Crippen molar-refractivity contribution in [1.29, 1.82) is 0 Å². The highest BCUT2D eigenvalue weighted by atomic mass is 35.5. The molecule has 100 valence electrons. The summed E-state index contributed by atoms with van der Waals surface area (Å²) >= 11 is 11.8.